The lowest BCUT2D eigenvalue weighted by Crippen LogP contribution is -2.57. The number of carboxylic acid groups (broad SMARTS) is 1. The second kappa shape index (κ2) is 12.7. The number of aryl methyl sites for hydroxylation is 1. The third-order valence-electron chi connectivity index (χ3n) is 6.63. The van der Waals surface area contributed by atoms with Crippen LogP contribution in [0, 0.1) is 0 Å². The molecule has 4 rings (SSSR count). The second-order valence-electron chi connectivity index (χ2n) is 9.15. The highest BCUT2D eigenvalue weighted by Gasteiger charge is 2.39. The number of carbonyl (C=O) groups excluding carboxylic acids is 1. The molecular formula is C24H30ClF3N4O5. The molecule has 0 amide bonds. The molecule has 1 aliphatic heterocycles. The van der Waals surface area contributed by atoms with Gasteiger partial charge < -0.3 is 14.6 Å². The molecule has 0 bridgehead atoms. The maximum atomic E-state index is 12.1. The smallest absolute Gasteiger partial charge is 0.475 e. The van der Waals surface area contributed by atoms with Crippen LogP contribution in [0.25, 0.3) is 0 Å². The van der Waals surface area contributed by atoms with Gasteiger partial charge in [0, 0.05) is 42.8 Å². The van der Waals surface area contributed by atoms with Crippen LogP contribution in [0.3, 0.4) is 0 Å². The Hall–Kier alpha value is -2.70. The van der Waals surface area contributed by atoms with Crippen molar-refractivity contribution in [3.05, 3.63) is 46.7 Å². The summed E-state index contributed by atoms with van der Waals surface area (Å²) >= 11 is 6.04. The summed E-state index contributed by atoms with van der Waals surface area (Å²) in [6.07, 6.45) is 1.60. The maximum absolute atomic E-state index is 12.1. The van der Waals surface area contributed by atoms with E-state index in [1.54, 1.807) is 4.68 Å². The number of carboxylic acids is 1. The SMILES string of the molecule is COC(=O)[C@H]1CN(C2CCC(c3cn(C)nn3)CC2)[C@@H](Cc2ccc(Cl)cc2)CO1.O=C(O)C(F)(F)F. The summed E-state index contributed by atoms with van der Waals surface area (Å²) in [6.45, 7) is 1.10. The monoisotopic (exact) mass is 546 g/mol. The fourth-order valence-corrected chi connectivity index (χ4v) is 4.89. The largest absolute Gasteiger partial charge is 0.490 e. The standard InChI is InChI=1S/C22H29ClN4O3.C2HF3O2/c1-26-12-20(24-25-26)16-5-9-18(10-6-16)27-13-21(22(28)29-2)30-14-19(27)11-15-3-7-17(23)8-4-15;3-2(4,5)1(6)7/h3-4,7-8,12,16,18-19,21H,5-6,9-11,13-14H2,1-2H3;(H,6,7)/t16?,18?,19-,21+;/m0./s1. The van der Waals surface area contributed by atoms with Gasteiger partial charge in [-0.1, -0.05) is 28.9 Å². The Bertz CT molecular complexity index is 1040. The van der Waals surface area contributed by atoms with Crippen molar-refractivity contribution in [2.24, 2.45) is 7.05 Å². The summed E-state index contributed by atoms with van der Waals surface area (Å²) in [5.41, 5.74) is 2.31. The summed E-state index contributed by atoms with van der Waals surface area (Å²) in [7, 11) is 3.33. The van der Waals surface area contributed by atoms with Crippen LogP contribution in [0.2, 0.25) is 5.02 Å². The predicted octanol–water partition coefficient (Wildman–Crippen LogP) is 3.61. The molecule has 2 heterocycles. The molecule has 0 spiro atoms. The molecule has 2 aliphatic rings. The second-order valence-corrected chi connectivity index (χ2v) is 9.59. The van der Waals surface area contributed by atoms with E-state index in [1.807, 2.05) is 25.4 Å². The predicted molar refractivity (Wildman–Crippen MR) is 127 cm³/mol. The molecule has 2 fully saturated rings. The molecule has 1 N–H and O–H groups in total. The lowest BCUT2D eigenvalue weighted by molar-refractivity contribution is -0.192. The average molecular weight is 547 g/mol. The Kier molecular flexibility index (Phi) is 9.91. The Balaban J connectivity index is 0.000000479. The molecule has 13 heteroatoms. The van der Waals surface area contributed by atoms with Gasteiger partial charge in [0.2, 0.25) is 0 Å². The molecule has 2 atom stereocenters. The lowest BCUT2D eigenvalue weighted by atomic mass is 9.82. The van der Waals surface area contributed by atoms with Crippen molar-refractivity contribution < 1.29 is 37.3 Å². The van der Waals surface area contributed by atoms with E-state index in [0.29, 0.717) is 25.1 Å². The van der Waals surface area contributed by atoms with Gasteiger partial charge in [0.1, 0.15) is 0 Å². The van der Waals surface area contributed by atoms with E-state index < -0.39 is 18.2 Å². The van der Waals surface area contributed by atoms with Crippen molar-refractivity contribution >= 4 is 23.5 Å². The number of halogens is 4. The Morgan fingerprint density at radius 2 is 1.81 bits per heavy atom. The number of methoxy groups -OCH3 is 1. The first-order valence-corrected chi connectivity index (χ1v) is 12.2. The number of alkyl halides is 3. The highest BCUT2D eigenvalue weighted by atomic mass is 35.5. The minimum absolute atomic E-state index is 0.227. The summed E-state index contributed by atoms with van der Waals surface area (Å²) in [5.74, 6) is -2.59. The van der Waals surface area contributed by atoms with Crippen LogP contribution in [-0.4, -0.2) is 81.6 Å². The number of aliphatic carboxylic acids is 1. The average Bonchev–Trinajstić information content (AvgIpc) is 3.31. The zero-order chi connectivity index (χ0) is 27.2. The highest BCUT2D eigenvalue weighted by Crippen LogP contribution is 2.35. The number of hydrogen-bond donors (Lipinski definition) is 1. The van der Waals surface area contributed by atoms with Crippen molar-refractivity contribution in [1.82, 2.24) is 19.9 Å². The third kappa shape index (κ3) is 8.14. The molecule has 9 nitrogen and oxygen atoms in total. The number of carbonyl (C=O) groups is 2. The zero-order valence-electron chi connectivity index (χ0n) is 20.5. The van der Waals surface area contributed by atoms with Crippen molar-refractivity contribution in [3.8, 4) is 0 Å². The highest BCUT2D eigenvalue weighted by molar-refractivity contribution is 6.30. The lowest BCUT2D eigenvalue weighted by Gasteiger charge is -2.45. The van der Waals surface area contributed by atoms with Crippen LogP contribution in [0.1, 0.15) is 42.9 Å². The van der Waals surface area contributed by atoms with Crippen LogP contribution in [0.5, 0.6) is 0 Å². The molecule has 204 valence electrons. The Morgan fingerprint density at radius 3 is 2.32 bits per heavy atom. The molecule has 1 aromatic heterocycles. The molecular weight excluding hydrogens is 517 g/mol. The minimum atomic E-state index is -5.08. The van der Waals surface area contributed by atoms with E-state index in [2.05, 4.69) is 27.3 Å². The molecule has 1 aromatic carbocycles. The van der Waals surface area contributed by atoms with E-state index in [9.17, 15) is 18.0 Å². The van der Waals surface area contributed by atoms with Gasteiger partial charge in [-0.2, -0.15) is 13.2 Å². The number of nitrogens with zero attached hydrogens (tertiary/aromatic N) is 4. The number of morpholine rings is 1. The maximum Gasteiger partial charge on any atom is 0.490 e. The van der Waals surface area contributed by atoms with Gasteiger partial charge in [-0.15, -0.1) is 5.10 Å². The molecule has 1 saturated heterocycles. The first-order chi connectivity index (χ1) is 17.5. The number of esters is 1. The number of ether oxygens (including phenoxy) is 2. The van der Waals surface area contributed by atoms with Gasteiger partial charge >= 0.3 is 18.1 Å². The number of hydrogen-bond acceptors (Lipinski definition) is 7. The summed E-state index contributed by atoms with van der Waals surface area (Å²) < 4.78 is 44.3. The van der Waals surface area contributed by atoms with Crippen LogP contribution in [0.4, 0.5) is 13.2 Å². The topological polar surface area (TPSA) is 107 Å². The van der Waals surface area contributed by atoms with Crippen molar-refractivity contribution in [2.75, 3.05) is 20.3 Å². The molecule has 0 radical (unpaired) electrons. The van der Waals surface area contributed by atoms with Crippen LogP contribution in [0.15, 0.2) is 30.5 Å². The van der Waals surface area contributed by atoms with Gasteiger partial charge in [0.15, 0.2) is 6.10 Å². The van der Waals surface area contributed by atoms with Crippen molar-refractivity contribution in [1.29, 1.82) is 0 Å². The molecule has 37 heavy (non-hydrogen) atoms. The fourth-order valence-electron chi connectivity index (χ4n) is 4.76. The van der Waals surface area contributed by atoms with E-state index in [-0.39, 0.29) is 12.0 Å². The van der Waals surface area contributed by atoms with E-state index in [0.717, 1.165) is 42.8 Å². The third-order valence-corrected chi connectivity index (χ3v) is 6.88. The van der Waals surface area contributed by atoms with Crippen LogP contribution in [-0.2, 0) is 32.5 Å². The Labute approximate surface area is 217 Å². The number of benzene rings is 1. The van der Waals surface area contributed by atoms with E-state index in [4.69, 9.17) is 31.0 Å². The Morgan fingerprint density at radius 1 is 1.19 bits per heavy atom. The van der Waals surface area contributed by atoms with Gasteiger partial charge in [-0.25, -0.2) is 9.59 Å². The molecule has 2 aromatic rings. The molecule has 1 saturated carbocycles. The summed E-state index contributed by atoms with van der Waals surface area (Å²) in [6, 6.07) is 8.63. The summed E-state index contributed by atoms with van der Waals surface area (Å²) in [4.78, 5) is 23.5. The van der Waals surface area contributed by atoms with Gasteiger partial charge in [0.05, 0.1) is 19.4 Å². The number of aromatic nitrogens is 3. The van der Waals surface area contributed by atoms with Gasteiger partial charge in [0.25, 0.3) is 0 Å². The van der Waals surface area contributed by atoms with Crippen molar-refractivity contribution in [3.63, 3.8) is 0 Å². The first kappa shape index (κ1) is 28.9. The van der Waals surface area contributed by atoms with E-state index in [1.165, 1.54) is 12.7 Å². The quantitative estimate of drug-likeness (QED) is 0.567. The summed E-state index contributed by atoms with van der Waals surface area (Å²) in [5, 5.41) is 16.3. The minimum Gasteiger partial charge on any atom is -0.475 e. The fraction of sp³-hybridized carbons (Fsp3) is 0.583. The van der Waals surface area contributed by atoms with Crippen molar-refractivity contribution in [2.45, 2.75) is 62.4 Å². The first-order valence-electron chi connectivity index (χ1n) is 11.8. The van der Waals surface area contributed by atoms with E-state index >= 15 is 0 Å². The normalized spacial score (nSPS) is 24.6. The van der Waals surface area contributed by atoms with Gasteiger partial charge in [-0.05, 0) is 49.8 Å². The van der Waals surface area contributed by atoms with Crippen LogP contribution >= 0.6 is 11.6 Å². The van der Waals surface area contributed by atoms with Gasteiger partial charge in [-0.3, -0.25) is 9.58 Å². The number of rotatable bonds is 5. The molecule has 1 aliphatic carbocycles. The molecule has 0 unspecified atom stereocenters. The zero-order valence-corrected chi connectivity index (χ0v) is 21.3. The van der Waals surface area contributed by atoms with Crippen LogP contribution < -0.4 is 0 Å².